The van der Waals surface area contributed by atoms with E-state index in [-0.39, 0.29) is 11.7 Å². The lowest BCUT2D eigenvalue weighted by Crippen LogP contribution is -2.33. The van der Waals surface area contributed by atoms with Gasteiger partial charge >= 0.3 is 0 Å². The molecule has 0 saturated carbocycles. The molecule has 4 rings (SSSR count). The van der Waals surface area contributed by atoms with Crippen LogP contribution in [0, 0.1) is 5.92 Å². The number of furan rings is 1. The lowest BCUT2D eigenvalue weighted by molar-refractivity contribution is 0.0996. The molecule has 1 aromatic carbocycles. The summed E-state index contributed by atoms with van der Waals surface area (Å²) in [4.78, 5) is 14.4. The van der Waals surface area contributed by atoms with Gasteiger partial charge in [-0.25, -0.2) is 0 Å². The van der Waals surface area contributed by atoms with Gasteiger partial charge in [-0.3, -0.25) is 4.79 Å². The molecule has 1 fully saturated rings. The molecule has 0 bridgehead atoms. The molecule has 0 radical (unpaired) electrons. The number of rotatable bonds is 4. The minimum absolute atomic E-state index is 0.278. The zero-order valence-electron chi connectivity index (χ0n) is 15.3. The predicted octanol–water partition coefficient (Wildman–Crippen LogP) is 4.23. The summed E-state index contributed by atoms with van der Waals surface area (Å²) in [6.45, 7) is 4.36. The molecular weight excluding hydrogens is 340 g/mol. The van der Waals surface area contributed by atoms with Crippen LogP contribution in [0.1, 0.15) is 30.3 Å². The molecule has 0 aliphatic carbocycles. The van der Waals surface area contributed by atoms with E-state index >= 15 is 0 Å². The summed E-state index contributed by atoms with van der Waals surface area (Å²) in [6.07, 6.45) is 3.87. The standard InChI is InChI=1S/C21H22N4O2/c1-15-9-11-25(12-10-15)20-8-7-18(23-24-20)16-4-2-5-17(14-16)22-21(26)19-6-3-13-27-19/h2-8,13-15H,9-12H2,1H3,(H,22,26). The van der Waals surface area contributed by atoms with Crippen molar-refractivity contribution in [2.24, 2.45) is 5.92 Å². The van der Waals surface area contributed by atoms with Crippen molar-refractivity contribution >= 4 is 17.4 Å². The fourth-order valence-electron chi connectivity index (χ4n) is 3.24. The van der Waals surface area contributed by atoms with Gasteiger partial charge in [0.25, 0.3) is 5.91 Å². The lowest BCUT2D eigenvalue weighted by Gasteiger charge is -2.30. The largest absolute Gasteiger partial charge is 0.459 e. The van der Waals surface area contributed by atoms with Gasteiger partial charge in [-0.1, -0.05) is 19.1 Å². The molecule has 6 nitrogen and oxygen atoms in total. The van der Waals surface area contributed by atoms with Gasteiger partial charge in [-0.05, 0) is 55.2 Å². The number of hydrogen-bond acceptors (Lipinski definition) is 5. The third-order valence-electron chi connectivity index (χ3n) is 4.92. The van der Waals surface area contributed by atoms with Crippen molar-refractivity contribution in [2.75, 3.05) is 23.3 Å². The number of amides is 1. The second-order valence-corrected chi connectivity index (χ2v) is 6.96. The minimum Gasteiger partial charge on any atom is -0.459 e. The normalized spacial score (nSPS) is 14.9. The summed E-state index contributed by atoms with van der Waals surface area (Å²) in [6, 6.07) is 14.9. The molecule has 2 aromatic heterocycles. The van der Waals surface area contributed by atoms with Crippen molar-refractivity contribution in [2.45, 2.75) is 19.8 Å². The van der Waals surface area contributed by atoms with E-state index < -0.39 is 0 Å². The molecule has 0 atom stereocenters. The van der Waals surface area contributed by atoms with Crippen molar-refractivity contribution in [1.82, 2.24) is 10.2 Å². The van der Waals surface area contributed by atoms with Gasteiger partial charge in [-0.2, -0.15) is 0 Å². The van der Waals surface area contributed by atoms with Crippen LogP contribution < -0.4 is 10.2 Å². The molecule has 0 spiro atoms. The number of aromatic nitrogens is 2. The summed E-state index contributed by atoms with van der Waals surface area (Å²) in [5.41, 5.74) is 2.36. The Kier molecular flexibility index (Phi) is 4.87. The Labute approximate surface area is 158 Å². The summed E-state index contributed by atoms with van der Waals surface area (Å²) in [7, 11) is 0. The molecule has 6 heteroatoms. The van der Waals surface area contributed by atoms with Crippen LogP contribution in [0.3, 0.4) is 0 Å². The highest BCUT2D eigenvalue weighted by Gasteiger charge is 2.17. The zero-order chi connectivity index (χ0) is 18.6. The van der Waals surface area contributed by atoms with Crippen LogP contribution in [-0.2, 0) is 0 Å². The van der Waals surface area contributed by atoms with Gasteiger partial charge in [0.1, 0.15) is 0 Å². The maximum absolute atomic E-state index is 12.1. The highest BCUT2D eigenvalue weighted by molar-refractivity contribution is 6.02. The third-order valence-corrected chi connectivity index (χ3v) is 4.92. The molecule has 27 heavy (non-hydrogen) atoms. The highest BCUT2D eigenvalue weighted by Crippen LogP contribution is 2.24. The number of carbonyl (C=O) groups excluding carboxylic acids is 1. The van der Waals surface area contributed by atoms with Gasteiger partial charge in [0.2, 0.25) is 0 Å². The second-order valence-electron chi connectivity index (χ2n) is 6.96. The Morgan fingerprint density at radius 2 is 1.96 bits per heavy atom. The van der Waals surface area contributed by atoms with Crippen molar-refractivity contribution in [3.8, 4) is 11.3 Å². The Hall–Kier alpha value is -3.15. The summed E-state index contributed by atoms with van der Waals surface area (Å²) < 4.78 is 5.12. The van der Waals surface area contributed by atoms with E-state index in [0.717, 1.165) is 36.1 Å². The van der Waals surface area contributed by atoms with Crippen LogP contribution in [0.25, 0.3) is 11.3 Å². The van der Waals surface area contributed by atoms with E-state index in [1.807, 2.05) is 36.4 Å². The molecule has 1 amide bonds. The monoisotopic (exact) mass is 362 g/mol. The smallest absolute Gasteiger partial charge is 0.291 e. The molecule has 1 saturated heterocycles. The molecule has 0 unspecified atom stereocenters. The van der Waals surface area contributed by atoms with Crippen LogP contribution in [-0.4, -0.2) is 29.2 Å². The van der Waals surface area contributed by atoms with Crippen molar-refractivity contribution in [3.63, 3.8) is 0 Å². The van der Waals surface area contributed by atoms with Gasteiger partial charge < -0.3 is 14.6 Å². The zero-order valence-corrected chi connectivity index (χ0v) is 15.3. The van der Waals surface area contributed by atoms with E-state index in [0.29, 0.717) is 5.69 Å². The number of benzene rings is 1. The summed E-state index contributed by atoms with van der Waals surface area (Å²) >= 11 is 0. The van der Waals surface area contributed by atoms with E-state index in [9.17, 15) is 4.79 Å². The Balaban J connectivity index is 1.47. The van der Waals surface area contributed by atoms with Gasteiger partial charge in [-0.15, -0.1) is 10.2 Å². The number of hydrogen-bond donors (Lipinski definition) is 1. The molecule has 1 N–H and O–H groups in total. The highest BCUT2D eigenvalue weighted by atomic mass is 16.3. The number of nitrogens with one attached hydrogen (secondary N) is 1. The molecule has 3 aromatic rings. The number of anilines is 2. The fraction of sp³-hybridized carbons (Fsp3) is 0.286. The maximum atomic E-state index is 12.1. The van der Waals surface area contributed by atoms with Gasteiger partial charge in [0.05, 0.1) is 12.0 Å². The number of carbonyl (C=O) groups is 1. The Bertz CT molecular complexity index is 898. The maximum Gasteiger partial charge on any atom is 0.291 e. The molecule has 138 valence electrons. The van der Waals surface area contributed by atoms with Crippen LogP contribution in [0.5, 0.6) is 0 Å². The topological polar surface area (TPSA) is 71.3 Å². The van der Waals surface area contributed by atoms with Gasteiger partial charge in [0.15, 0.2) is 11.6 Å². The molecular formula is C21H22N4O2. The van der Waals surface area contributed by atoms with Crippen LogP contribution in [0.4, 0.5) is 11.5 Å². The minimum atomic E-state index is -0.280. The lowest BCUT2D eigenvalue weighted by atomic mass is 9.99. The Morgan fingerprint density at radius 1 is 1.11 bits per heavy atom. The van der Waals surface area contributed by atoms with Crippen LogP contribution in [0.2, 0.25) is 0 Å². The summed E-state index contributed by atoms with van der Waals surface area (Å²) in [5, 5.41) is 11.6. The van der Waals surface area contributed by atoms with Crippen molar-refractivity contribution in [1.29, 1.82) is 0 Å². The molecule has 1 aliphatic heterocycles. The fourth-order valence-corrected chi connectivity index (χ4v) is 3.24. The molecule has 1 aliphatic rings. The van der Waals surface area contributed by atoms with E-state index in [4.69, 9.17) is 4.42 Å². The first-order valence-corrected chi connectivity index (χ1v) is 9.23. The first-order valence-electron chi connectivity index (χ1n) is 9.23. The summed E-state index contributed by atoms with van der Waals surface area (Å²) in [5.74, 6) is 1.71. The quantitative estimate of drug-likeness (QED) is 0.752. The third kappa shape index (κ3) is 4.00. The van der Waals surface area contributed by atoms with Crippen LogP contribution in [0.15, 0.2) is 59.2 Å². The predicted molar refractivity (Wildman–Crippen MR) is 105 cm³/mol. The molecule has 3 heterocycles. The van der Waals surface area contributed by atoms with Crippen molar-refractivity contribution < 1.29 is 9.21 Å². The number of piperidine rings is 1. The van der Waals surface area contributed by atoms with E-state index in [1.54, 1.807) is 12.1 Å². The first kappa shape index (κ1) is 17.3. The van der Waals surface area contributed by atoms with Crippen molar-refractivity contribution in [3.05, 3.63) is 60.6 Å². The SMILES string of the molecule is CC1CCN(c2ccc(-c3cccc(NC(=O)c4ccco4)c3)nn2)CC1. The second kappa shape index (κ2) is 7.61. The van der Waals surface area contributed by atoms with E-state index in [1.165, 1.54) is 19.1 Å². The van der Waals surface area contributed by atoms with Gasteiger partial charge in [0, 0.05) is 24.3 Å². The average molecular weight is 362 g/mol. The Morgan fingerprint density at radius 3 is 2.67 bits per heavy atom. The average Bonchev–Trinajstić information content (AvgIpc) is 3.24. The van der Waals surface area contributed by atoms with Crippen LogP contribution >= 0.6 is 0 Å². The van der Waals surface area contributed by atoms with E-state index in [2.05, 4.69) is 27.3 Å². The number of nitrogens with zero attached hydrogens (tertiary/aromatic N) is 3. The first-order chi connectivity index (χ1) is 13.2.